The first kappa shape index (κ1) is 28.8. The van der Waals surface area contributed by atoms with Crippen LogP contribution in [0.25, 0.3) is 0 Å². The van der Waals surface area contributed by atoms with Crippen molar-refractivity contribution in [1.82, 2.24) is 14.9 Å². The molecule has 1 unspecified atom stereocenters. The molecule has 0 saturated heterocycles. The number of carbonyl (C=O) groups excluding carboxylic acids is 2. The molecular formula is C32H35N5O2S. The van der Waals surface area contributed by atoms with Crippen molar-refractivity contribution in [3.63, 3.8) is 0 Å². The molecule has 3 aromatic carbocycles. The van der Waals surface area contributed by atoms with Crippen molar-refractivity contribution in [2.75, 3.05) is 30.1 Å². The molecule has 206 valence electrons. The standard InChI is InChI=1S/C32H35N5O2S/c1-22-11-9-10-14-26(22)20-37(29(38)21-40-32-33-23(2)19-24(3)34-32)30(25-12-7-6-8-13-25)31(39)35-27-15-17-28(18-16-27)36(4)5/h6-19,30H,20-21H2,1-5H3,(H,35,39). The molecule has 1 aromatic heterocycles. The molecule has 4 rings (SSSR count). The maximum absolute atomic E-state index is 14.0. The SMILES string of the molecule is Cc1cc(C)nc(SCC(=O)N(Cc2ccccc2C)C(C(=O)Nc2ccc(N(C)C)cc2)c2ccccc2)n1. The molecule has 40 heavy (non-hydrogen) atoms. The Balaban J connectivity index is 1.68. The third kappa shape index (κ3) is 7.48. The number of nitrogens with zero attached hydrogens (tertiary/aromatic N) is 4. The van der Waals surface area contributed by atoms with Gasteiger partial charge in [0.2, 0.25) is 5.91 Å². The van der Waals surface area contributed by atoms with Crippen molar-refractivity contribution in [2.24, 2.45) is 0 Å². The first-order valence-corrected chi connectivity index (χ1v) is 14.1. The maximum Gasteiger partial charge on any atom is 0.251 e. The third-order valence-electron chi connectivity index (χ3n) is 6.54. The second-order valence-corrected chi connectivity index (χ2v) is 10.9. The van der Waals surface area contributed by atoms with E-state index in [2.05, 4.69) is 15.3 Å². The van der Waals surface area contributed by atoms with Crippen LogP contribution in [0.15, 0.2) is 90.1 Å². The van der Waals surface area contributed by atoms with Crippen LogP contribution in [-0.2, 0) is 16.1 Å². The number of anilines is 2. The summed E-state index contributed by atoms with van der Waals surface area (Å²) < 4.78 is 0. The molecule has 8 heteroatoms. The van der Waals surface area contributed by atoms with Crippen LogP contribution in [0, 0.1) is 20.8 Å². The Labute approximate surface area is 240 Å². The second kappa shape index (κ2) is 13.3. The van der Waals surface area contributed by atoms with E-state index < -0.39 is 6.04 Å². The van der Waals surface area contributed by atoms with E-state index in [1.165, 1.54) is 11.8 Å². The lowest BCUT2D eigenvalue weighted by Gasteiger charge is -2.32. The van der Waals surface area contributed by atoms with Crippen molar-refractivity contribution in [1.29, 1.82) is 0 Å². The summed E-state index contributed by atoms with van der Waals surface area (Å²) in [7, 11) is 3.93. The largest absolute Gasteiger partial charge is 0.378 e. The van der Waals surface area contributed by atoms with Gasteiger partial charge in [-0.1, -0.05) is 66.4 Å². The molecule has 1 atom stereocenters. The number of aromatic nitrogens is 2. The van der Waals surface area contributed by atoms with E-state index in [1.54, 1.807) is 4.90 Å². The number of thioether (sulfide) groups is 1. The topological polar surface area (TPSA) is 78.4 Å². The predicted molar refractivity (Wildman–Crippen MR) is 163 cm³/mol. The molecule has 0 radical (unpaired) electrons. The van der Waals surface area contributed by atoms with Crippen LogP contribution in [0.3, 0.4) is 0 Å². The van der Waals surface area contributed by atoms with Crippen LogP contribution in [0.1, 0.15) is 34.1 Å². The Hall–Kier alpha value is -4.17. The summed E-state index contributed by atoms with van der Waals surface area (Å²) >= 11 is 1.28. The van der Waals surface area contributed by atoms with E-state index in [1.807, 2.05) is 125 Å². The lowest BCUT2D eigenvalue weighted by molar-refractivity contribution is -0.137. The van der Waals surface area contributed by atoms with Crippen molar-refractivity contribution < 1.29 is 9.59 Å². The average Bonchev–Trinajstić information content (AvgIpc) is 2.93. The number of rotatable bonds is 10. The molecule has 7 nitrogen and oxygen atoms in total. The number of nitrogens with one attached hydrogen (secondary N) is 1. The van der Waals surface area contributed by atoms with Crippen LogP contribution >= 0.6 is 11.8 Å². The molecule has 1 N–H and O–H groups in total. The highest BCUT2D eigenvalue weighted by Crippen LogP contribution is 2.28. The molecule has 0 spiro atoms. The molecule has 0 bridgehead atoms. The van der Waals surface area contributed by atoms with Crippen molar-refractivity contribution >= 4 is 35.0 Å². The van der Waals surface area contributed by atoms with E-state index in [9.17, 15) is 9.59 Å². The summed E-state index contributed by atoms with van der Waals surface area (Å²) in [5.74, 6) is -0.357. The fraction of sp³-hybridized carbons (Fsp3) is 0.250. The number of hydrogen-bond acceptors (Lipinski definition) is 6. The fourth-order valence-corrected chi connectivity index (χ4v) is 5.26. The van der Waals surface area contributed by atoms with Gasteiger partial charge in [0.1, 0.15) is 6.04 Å². The van der Waals surface area contributed by atoms with E-state index in [0.29, 0.717) is 10.8 Å². The summed E-state index contributed by atoms with van der Waals surface area (Å²) in [4.78, 5) is 40.5. The van der Waals surface area contributed by atoms with Crippen LogP contribution in [0.2, 0.25) is 0 Å². The zero-order valence-electron chi connectivity index (χ0n) is 23.6. The van der Waals surface area contributed by atoms with Gasteiger partial charge in [-0.25, -0.2) is 9.97 Å². The summed E-state index contributed by atoms with van der Waals surface area (Å²) in [6.07, 6.45) is 0. The Bertz CT molecular complexity index is 1440. The molecule has 0 aliphatic carbocycles. The molecule has 0 saturated carbocycles. The van der Waals surface area contributed by atoms with Gasteiger partial charge in [-0.2, -0.15) is 0 Å². The quantitative estimate of drug-likeness (QED) is 0.193. The van der Waals surface area contributed by atoms with Gasteiger partial charge >= 0.3 is 0 Å². The highest BCUT2D eigenvalue weighted by molar-refractivity contribution is 7.99. The zero-order chi connectivity index (χ0) is 28.6. The maximum atomic E-state index is 14.0. The van der Waals surface area contributed by atoms with Crippen LogP contribution in [0.4, 0.5) is 11.4 Å². The third-order valence-corrected chi connectivity index (χ3v) is 7.37. The summed E-state index contributed by atoms with van der Waals surface area (Å²) in [6, 6.07) is 26.1. The van der Waals surface area contributed by atoms with Gasteiger partial charge in [0.15, 0.2) is 5.16 Å². The molecule has 0 aliphatic rings. The van der Waals surface area contributed by atoms with Crippen LogP contribution in [-0.4, -0.2) is 46.5 Å². The van der Waals surface area contributed by atoms with Gasteiger partial charge in [-0.15, -0.1) is 0 Å². The number of aryl methyl sites for hydroxylation is 3. The lowest BCUT2D eigenvalue weighted by Crippen LogP contribution is -2.42. The molecule has 4 aromatic rings. The van der Waals surface area contributed by atoms with Crippen molar-refractivity contribution in [2.45, 2.75) is 38.5 Å². The van der Waals surface area contributed by atoms with Crippen molar-refractivity contribution in [3.05, 3.63) is 113 Å². The Morgan fingerprint density at radius 2 is 1.48 bits per heavy atom. The summed E-state index contributed by atoms with van der Waals surface area (Å²) in [5.41, 5.74) is 6.16. The van der Waals surface area contributed by atoms with Crippen LogP contribution in [0.5, 0.6) is 0 Å². The summed E-state index contributed by atoms with van der Waals surface area (Å²) in [6.45, 7) is 6.12. The average molecular weight is 554 g/mol. The minimum atomic E-state index is -0.845. The number of benzene rings is 3. The fourth-order valence-electron chi connectivity index (χ4n) is 4.42. The molecule has 2 amide bonds. The van der Waals surface area contributed by atoms with Crippen molar-refractivity contribution in [3.8, 4) is 0 Å². The predicted octanol–water partition coefficient (Wildman–Crippen LogP) is 5.97. The number of carbonyl (C=O) groups is 2. The Morgan fingerprint density at radius 3 is 2.10 bits per heavy atom. The zero-order valence-corrected chi connectivity index (χ0v) is 24.4. The number of hydrogen-bond donors (Lipinski definition) is 1. The normalized spacial score (nSPS) is 11.5. The van der Waals surface area contributed by atoms with Crippen LogP contribution < -0.4 is 10.2 Å². The van der Waals surface area contributed by atoms with E-state index in [4.69, 9.17) is 0 Å². The van der Waals surface area contributed by atoms with Gasteiger partial charge in [0.25, 0.3) is 5.91 Å². The van der Waals surface area contributed by atoms with E-state index >= 15 is 0 Å². The molecular weight excluding hydrogens is 518 g/mol. The monoisotopic (exact) mass is 553 g/mol. The summed E-state index contributed by atoms with van der Waals surface area (Å²) in [5, 5.41) is 3.59. The molecule has 1 heterocycles. The first-order valence-electron chi connectivity index (χ1n) is 13.1. The smallest absolute Gasteiger partial charge is 0.251 e. The van der Waals surface area contributed by atoms with E-state index in [-0.39, 0.29) is 24.1 Å². The molecule has 0 aliphatic heterocycles. The second-order valence-electron chi connectivity index (χ2n) is 9.91. The molecule has 0 fully saturated rings. The Kier molecular flexibility index (Phi) is 9.56. The van der Waals surface area contributed by atoms with Gasteiger partial charge in [0.05, 0.1) is 5.75 Å². The lowest BCUT2D eigenvalue weighted by atomic mass is 10.0. The highest BCUT2D eigenvalue weighted by atomic mass is 32.2. The Morgan fingerprint density at radius 1 is 0.850 bits per heavy atom. The van der Waals surface area contributed by atoms with Gasteiger partial charge < -0.3 is 15.1 Å². The minimum absolute atomic E-state index is 0.100. The number of amides is 2. The van der Waals surface area contributed by atoms with Gasteiger partial charge in [-0.3, -0.25) is 9.59 Å². The first-order chi connectivity index (χ1) is 19.2. The van der Waals surface area contributed by atoms with Gasteiger partial charge in [-0.05, 0) is 67.8 Å². The van der Waals surface area contributed by atoms with Gasteiger partial charge in [0, 0.05) is 43.4 Å². The highest BCUT2D eigenvalue weighted by Gasteiger charge is 2.32. The van der Waals surface area contributed by atoms with E-state index in [0.717, 1.165) is 33.8 Å². The minimum Gasteiger partial charge on any atom is -0.378 e.